The van der Waals surface area contributed by atoms with E-state index in [1.165, 1.54) is 18.2 Å². The fourth-order valence-corrected chi connectivity index (χ4v) is 3.76. The molecule has 0 saturated carbocycles. The van der Waals surface area contributed by atoms with Gasteiger partial charge in [-0.05, 0) is 50.0 Å². The zero-order valence-corrected chi connectivity index (χ0v) is 16.6. The van der Waals surface area contributed by atoms with Crippen molar-refractivity contribution in [3.63, 3.8) is 0 Å². The Kier molecular flexibility index (Phi) is 5.09. The number of nitrogens with zero attached hydrogens (tertiary/aromatic N) is 1. The SMILES string of the molecule is COc1cc2oc3c(c2cc1/C(C)=C/C(=O)Nc1ccc(Cl)cn1)CCCC3. The number of rotatable bonds is 4. The van der Waals surface area contributed by atoms with Crippen LogP contribution < -0.4 is 10.1 Å². The van der Waals surface area contributed by atoms with Gasteiger partial charge in [0.05, 0.1) is 12.1 Å². The van der Waals surface area contributed by atoms with Crippen molar-refractivity contribution >= 4 is 39.9 Å². The number of hydrogen-bond donors (Lipinski definition) is 1. The van der Waals surface area contributed by atoms with Crippen molar-refractivity contribution in [1.82, 2.24) is 4.98 Å². The monoisotopic (exact) mass is 396 g/mol. The van der Waals surface area contributed by atoms with E-state index in [1.54, 1.807) is 25.3 Å². The van der Waals surface area contributed by atoms with Gasteiger partial charge in [0.25, 0.3) is 0 Å². The highest BCUT2D eigenvalue weighted by Gasteiger charge is 2.20. The van der Waals surface area contributed by atoms with Gasteiger partial charge < -0.3 is 14.5 Å². The van der Waals surface area contributed by atoms with Crippen LogP contribution in [0.4, 0.5) is 5.82 Å². The highest BCUT2D eigenvalue weighted by Crippen LogP contribution is 2.37. The van der Waals surface area contributed by atoms with Crippen molar-refractivity contribution in [3.05, 3.63) is 58.4 Å². The molecule has 2 heterocycles. The molecule has 1 aliphatic carbocycles. The van der Waals surface area contributed by atoms with E-state index in [9.17, 15) is 4.79 Å². The summed E-state index contributed by atoms with van der Waals surface area (Å²) >= 11 is 5.83. The van der Waals surface area contributed by atoms with Crippen molar-refractivity contribution in [2.75, 3.05) is 12.4 Å². The lowest BCUT2D eigenvalue weighted by atomic mass is 9.94. The largest absolute Gasteiger partial charge is 0.496 e. The fraction of sp³-hybridized carbons (Fsp3) is 0.273. The number of fused-ring (bicyclic) bond motifs is 3. The summed E-state index contributed by atoms with van der Waals surface area (Å²) in [6, 6.07) is 7.33. The van der Waals surface area contributed by atoms with Crippen molar-refractivity contribution < 1.29 is 13.9 Å². The molecule has 2 aromatic heterocycles. The summed E-state index contributed by atoms with van der Waals surface area (Å²) in [6.45, 7) is 1.89. The van der Waals surface area contributed by atoms with Crippen LogP contribution in [0.1, 0.15) is 36.7 Å². The van der Waals surface area contributed by atoms with Crippen LogP contribution in [0.15, 0.2) is 41.0 Å². The highest BCUT2D eigenvalue weighted by molar-refractivity contribution is 6.30. The van der Waals surface area contributed by atoms with Gasteiger partial charge in [-0.15, -0.1) is 0 Å². The van der Waals surface area contributed by atoms with Gasteiger partial charge in [-0.25, -0.2) is 4.98 Å². The van der Waals surface area contributed by atoms with Crippen LogP contribution in [-0.2, 0) is 17.6 Å². The van der Waals surface area contributed by atoms with Crippen LogP contribution in [0.5, 0.6) is 5.75 Å². The molecule has 28 heavy (non-hydrogen) atoms. The Labute approximate surface area is 168 Å². The number of nitrogens with one attached hydrogen (secondary N) is 1. The molecule has 0 bridgehead atoms. The Bertz CT molecular complexity index is 1070. The number of aromatic nitrogens is 1. The number of amides is 1. The first-order valence-electron chi connectivity index (χ1n) is 9.28. The van der Waals surface area contributed by atoms with Gasteiger partial charge in [0.1, 0.15) is 22.9 Å². The number of carbonyl (C=O) groups excluding carboxylic acids is 1. The number of carbonyl (C=O) groups is 1. The summed E-state index contributed by atoms with van der Waals surface area (Å²) in [5, 5.41) is 4.37. The summed E-state index contributed by atoms with van der Waals surface area (Å²) in [4.78, 5) is 16.5. The summed E-state index contributed by atoms with van der Waals surface area (Å²) in [7, 11) is 1.62. The molecule has 0 radical (unpaired) electrons. The van der Waals surface area contributed by atoms with Crippen molar-refractivity contribution in [2.24, 2.45) is 0 Å². The fourth-order valence-electron chi connectivity index (χ4n) is 3.65. The molecule has 4 rings (SSSR count). The molecule has 144 valence electrons. The number of anilines is 1. The average Bonchev–Trinajstić information content (AvgIpc) is 3.06. The number of pyridine rings is 1. The topological polar surface area (TPSA) is 64.4 Å². The molecular weight excluding hydrogens is 376 g/mol. The number of ether oxygens (including phenoxy) is 1. The van der Waals surface area contributed by atoms with Gasteiger partial charge in [0, 0.05) is 41.3 Å². The van der Waals surface area contributed by atoms with E-state index in [1.807, 2.05) is 13.0 Å². The molecule has 1 N–H and O–H groups in total. The minimum Gasteiger partial charge on any atom is -0.496 e. The van der Waals surface area contributed by atoms with Crippen LogP contribution >= 0.6 is 11.6 Å². The standard InChI is InChI=1S/C22H21ClN2O3/c1-13(9-22(26)25-21-8-7-14(23)12-24-21)16-10-17-15-5-3-4-6-18(15)28-20(17)11-19(16)27-2/h7-12H,3-6H2,1-2H3,(H,24,25,26)/b13-9+. The molecule has 0 fully saturated rings. The van der Waals surface area contributed by atoms with E-state index in [4.69, 9.17) is 20.8 Å². The first-order chi connectivity index (χ1) is 13.5. The van der Waals surface area contributed by atoms with Crippen molar-refractivity contribution in [1.29, 1.82) is 0 Å². The maximum Gasteiger partial charge on any atom is 0.249 e. The van der Waals surface area contributed by atoms with Gasteiger partial charge in [0.15, 0.2) is 0 Å². The summed E-state index contributed by atoms with van der Waals surface area (Å²) in [5.74, 6) is 1.95. The van der Waals surface area contributed by atoms with E-state index in [-0.39, 0.29) is 5.91 Å². The van der Waals surface area contributed by atoms with Crippen LogP contribution in [0.25, 0.3) is 16.5 Å². The molecule has 0 atom stereocenters. The third-order valence-electron chi connectivity index (χ3n) is 5.03. The highest BCUT2D eigenvalue weighted by atomic mass is 35.5. The summed E-state index contributed by atoms with van der Waals surface area (Å²) in [5.41, 5.74) is 3.81. The van der Waals surface area contributed by atoms with Crippen molar-refractivity contribution in [3.8, 4) is 5.75 Å². The predicted molar refractivity (Wildman–Crippen MR) is 111 cm³/mol. The van der Waals surface area contributed by atoms with Gasteiger partial charge in [-0.3, -0.25) is 4.79 Å². The lowest BCUT2D eigenvalue weighted by Gasteiger charge is -2.11. The van der Waals surface area contributed by atoms with E-state index in [0.29, 0.717) is 16.6 Å². The van der Waals surface area contributed by atoms with E-state index < -0.39 is 0 Å². The van der Waals surface area contributed by atoms with Crippen LogP contribution in [0.3, 0.4) is 0 Å². The molecular formula is C22H21ClN2O3. The molecule has 1 aliphatic rings. The predicted octanol–water partition coefficient (Wildman–Crippen LogP) is 5.41. The molecule has 1 aromatic carbocycles. The van der Waals surface area contributed by atoms with Gasteiger partial charge in [-0.1, -0.05) is 11.6 Å². The molecule has 0 spiro atoms. The minimum atomic E-state index is -0.260. The Balaban J connectivity index is 1.67. The molecule has 0 unspecified atom stereocenters. The molecule has 3 aromatic rings. The molecule has 6 heteroatoms. The van der Waals surface area contributed by atoms with E-state index in [2.05, 4.69) is 16.4 Å². The van der Waals surface area contributed by atoms with Gasteiger partial charge >= 0.3 is 0 Å². The third-order valence-corrected chi connectivity index (χ3v) is 5.25. The first-order valence-corrected chi connectivity index (χ1v) is 9.66. The average molecular weight is 397 g/mol. The Morgan fingerprint density at radius 2 is 2.11 bits per heavy atom. The zero-order valence-electron chi connectivity index (χ0n) is 15.8. The summed E-state index contributed by atoms with van der Waals surface area (Å²) < 4.78 is 11.6. The number of allylic oxidation sites excluding steroid dienone is 1. The van der Waals surface area contributed by atoms with Crippen molar-refractivity contribution in [2.45, 2.75) is 32.6 Å². The second kappa shape index (κ2) is 7.68. The number of benzene rings is 1. The van der Waals surface area contributed by atoms with E-state index >= 15 is 0 Å². The van der Waals surface area contributed by atoms with E-state index in [0.717, 1.165) is 47.1 Å². The second-order valence-corrected chi connectivity index (χ2v) is 7.37. The molecule has 0 saturated heterocycles. The van der Waals surface area contributed by atoms with Gasteiger partial charge in [-0.2, -0.15) is 0 Å². The Morgan fingerprint density at radius 1 is 1.29 bits per heavy atom. The lowest BCUT2D eigenvalue weighted by molar-refractivity contribution is -0.111. The van der Waals surface area contributed by atoms with Crippen LogP contribution in [0.2, 0.25) is 5.02 Å². The maximum absolute atomic E-state index is 12.4. The Hall–Kier alpha value is -2.79. The normalized spacial score (nSPS) is 14.0. The second-order valence-electron chi connectivity index (χ2n) is 6.94. The number of aryl methyl sites for hydroxylation is 2. The molecule has 0 aliphatic heterocycles. The first kappa shape index (κ1) is 18.6. The zero-order chi connectivity index (χ0) is 19.7. The Morgan fingerprint density at radius 3 is 2.86 bits per heavy atom. The molecule has 1 amide bonds. The maximum atomic E-state index is 12.4. The molecule has 5 nitrogen and oxygen atoms in total. The van der Waals surface area contributed by atoms with Crippen LogP contribution in [0, 0.1) is 0 Å². The summed E-state index contributed by atoms with van der Waals surface area (Å²) in [6.07, 6.45) is 7.38. The van der Waals surface area contributed by atoms with Gasteiger partial charge in [0.2, 0.25) is 5.91 Å². The lowest BCUT2D eigenvalue weighted by Crippen LogP contribution is -2.09. The number of methoxy groups -OCH3 is 1. The quantitative estimate of drug-likeness (QED) is 0.599. The third kappa shape index (κ3) is 3.62. The van der Waals surface area contributed by atoms with Crippen LogP contribution in [-0.4, -0.2) is 18.0 Å². The smallest absolute Gasteiger partial charge is 0.249 e. The minimum absolute atomic E-state index is 0.260. The number of hydrogen-bond acceptors (Lipinski definition) is 4. The number of furan rings is 1. The number of halogens is 1.